The molecule has 0 amide bonds. The Kier molecular flexibility index (Phi) is 7.35. The van der Waals surface area contributed by atoms with Gasteiger partial charge in [-0.3, -0.25) is 0 Å². The Labute approximate surface area is 322 Å². The molecule has 11 aromatic rings. The van der Waals surface area contributed by atoms with Crippen LogP contribution in [0.2, 0.25) is 0 Å². The summed E-state index contributed by atoms with van der Waals surface area (Å²) in [7, 11) is 0. The van der Waals surface area contributed by atoms with E-state index in [-0.39, 0.29) is 0 Å². The van der Waals surface area contributed by atoms with Crippen LogP contribution in [0.4, 0.5) is 17.1 Å². The first kappa shape index (κ1) is 31.5. The van der Waals surface area contributed by atoms with E-state index in [1.165, 1.54) is 53.7 Å². The van der Waals surface area contributed by atoms with E-state index in [9.17, 15) is 0 Å². The molecule has 0 saturated heterocycles. The van der Waals surface area contributed by atoms with Crippen LogP contribution in [0.15, 0.2) is 200 Å². The minimum Gasteiger partial charge on any atom is -0.308 e. The molecule has 0 saturated carbocycles. The largest absolute Gasteiger partial charge is 0.308 e. The lowest BCUT2D eigenvalue weighted by Crippen LogP contribution is -2.11. The smallest absolute Gasteiger partial charge is 0.124 e. The molecule has 0 N–H and O–H groups in total. The maximum Gasteiger partial charge on any atom is 0.124 e. The van der Waals surface area contributed by atoms with Crippen LogP contribution in [0.25, 0.3) is 81.0 Å². The van der Waals surface area contributed by atoms with E-state index in [1.54, 1.807) is 11.3 Å². The number of anilines is 3. The van der Waals surface area contributed by atoms with Crippen LogP contribution >= 0.6 is 11.3 Å². The zero-order valence-electron chi connectivity index (χ0n) is 29.8. The maximum atomic E-state index is 5.31. The highest BCUT2D eigenvalue weighted by molar-refractivity contribution is 7.22. The number of hydrogen-bond acceptors (Lipinski definition) is 3. The second-order valence-electron chi connectivity index (χ2n) is 13.9. The number of fused-ring (bicyclic) bond motifs is 9. The molecule has 0 fully saturated rings. The molecule has 4 heteroatoms. The molecule has 0 aliphatic rings. The lowest BCUT2D eigenvalue weighted by Gasteiger charge is -2.27. The Morgan fingerprint density at radius 1 is 0.418 bits per heavy atom. The van der Waals surface area contributed by atoms with Gasteiger partial charge in [0.25, 0.3) is 0 Å². The van der Waals surface area contributed by atoms with E-state index in [1.807, 2.05) is 0 Å². The number of thiazole rings is 1. The average molecular weight is 720 g/mol. The van der Waals surface area contributed by atoms with E-state index in [2.05, 4.69) is 210 Å². The van der Waals surface area contributed by atoms with Gasteiger partial charge in [0, 0.05) is 44.2 Å². The van der Waals surface area contributed by atoms with Crippen LogP contribution in [0, 0.1) is 0 Å². The van der Waals surface area contributed by atoms with E-state index >= 15 is 0 Å². The summed E-state index contributed by atoms with van der Waals surface area (Å²) in [5.41, 5.74) is 11.3. The molecule has 0 aliphatic carbocycles. The highest BCUT2D eigenvalue weighted by atomic mass is 32.1. The SMILES string of the molecule is c1ccc(-c2cccc(N(c3ccc(-c4nc5c6ccccc6c6ccccc6c5s4)cc3)c3cccc4c5ccccc5n(-c5ccccc5)c34)c2)cc1. The molecule has 11 rings (SSSR count). The molecular formula is C51H33N3S. The maximum absolute atomic E-state index is 5.31. The molecular weight excluding hydrogens is 687 g/mol. The van der Waals surface area contributed by atoms with Crippen LogP contribution in [0.1, 0.15) is 0 Å². The van der Waals surface area contributed by atoms with Gasteiger partial charge in [-0.1, -0.05) is 140 Å². The van der Waals surface area contributed by atoms with E-state index in [4.69, 9.17) is 4.98 Å². The highest BCUT2D eigenvalue weighted by Gasteiger charge is 2.22. The first-order valence-electron chi connectivity index (χ1n) is 18.6. The van der Waals surface area contributed by atoms with Gasteiger partial charge in [-0.25, -0.2) is 4.98 Å². The monoisotopic (exact) mass is 719 g/mol. The number of benzene rings is 9. The van der Waals surface area contributed by atoms with Gasteiger partial charge in [0.2, 0.25) is 0 Å². The van der Waals surface area contributed by atoms with Crippen LogP contribution in [0.5, 0.6) is 0 Å². The Bertz CT molecular complexity index is 3120. The molecule has 0 aliphatic heterocycles. The zero-order chi connectivity index (χ0) is 36.3. The molecule has 0 atom stereocenters. The second-order valence-corrected chi connectivity index (χ2v) is 14.9. The van der Waals surface area contributed by atoms with Gasteiger partial charge in [-0.05, 0) is 82.6 Å². The van der Waals surface area contributed by atoms with Crippen molar-refractivity contribution in [1.82, 2.24) is 9.55 Å². The number of nitrogens with zero attached hydrogens (tertiary/aromatic N) is 3. The molecule has 0 radical (unpaired) electrons. The fourth-order valence-electron chi connectivity index (χ4n) is 8.31. The van der Waals surface area contributed by atoms with Crippen molar-refractivity contribution in [3.8, 4) is 27.4 Å². The number of rotatable bonds is 6. The lowest BCUT2D eigenvalue weighted by molar-refractivity contribution is 1.17. The lowest BCUT2D eigenvalue weighted by atomic mass is 10.0. The minimum atomic E-state index is 1.02. The Balaban J connectivity index is 1.12. The summed E-state index contributed by atoms with van der Waals surface area (Å²) in [5, 5.41) is 8.43. The Morgan fingerprint density at radius 3 is 1.80 bits per heavy atom. The van der Waals surface area contributed by atoms with Crippen molar-refractivity contribution >= 4 is 82.0 Å². The predicted octanol–water partition coefficient (Wildman–Crippen LogP) is 14.5. The average Bonchev–Trinajstić information content (AvgIpc) is 3.86. The van der Waals surface area contributed by atoms with Crippen molar-refractivity contribution in [1.29, 1.82) is 0 Å². The summed E-state index contributed by atoms with van der Waals surface area (Å²) in [6.45, 7) is 0. The quantitative estimate of drug-likeness (QED) is 0.160. The van der Waals surface area contributed by atoms with E-state index < -0.39 is 0 Å². The molecule has 258 valence electrons. The molecule has 0 unspecified atom stereocenters. The third-order valence-corrected chi connectivity index (χ3v) is 11.9. The van der Waals surface area contributed by atoms with Crippen molar-refractivity contribution in [2.45, 2.75) is 0 Å². The third-order valence-electron chi connectivity index (χ3n) is 10.8. The first-order valence-corrected chi connectivity index (χ1v) is 19.5. The normalized spacial score (nSPS) is 11.6. The third kappa shape index (κ3) is 5.14. The van der Waals surface area contributed by atoms with Crippen LogP contribution in [0.3, 0.4) is 0 Å². The topological polar surface area (TPSA) is 21.1 Å². The molecule has 0 bridgehead atoms. The summed E-state index contributed by atoms with van der Waals surface area (Å²) < 4.78 is 3.64. The van der Waals surface area contributed by atoms with E-state index in [0.29, 0.717) is 0 Å². The highest BCUT2D eigenvalue weighted by Crippen LogP contribution is 2.45. The van der Waals surface area contributed by atoms with Gasteiger partial charge in [-0.15, -0.1) is 11.3 Å². The van der Waals surface area contributed by atoms with Crippen LogP contribution in [-0.2, 0) is 0 Å². The fourth-order valence-corrected chi connectivity index (χ4v) is 9.44. The van der Waals surface area contributed by atoms with Crippen molar-refractivity contribution in [2.75, 3.05) is 4.90 Å². The number of para-hydroxylation sites is 3. The molecule has 3 nitrogen and oxygen atoms in total. The van der Waals surface area contributed by atoms with Gasteiger partial charge >= 0.3 is 0 Å². The summed E-state index contributed by atoms with van der Waals surface area (Å²) in [6, 6.07) is 72.0. The van der Waals surface area contributed by atoms with Crippen molar-refractivity contribution in [3.05, 3.63) is 200 Å². The standard InChI is InChI=1S/C51H33N3S/c1-3-15-34(16-4-1)36-17-13-20-39(33-36)53(47-28-14-26-44-42-23-11-12-27-46(42)54(49(44)47)37-18-5-2-6-19-37)38-31-29-35(30-32-38)51-52-48-43-24-9-7-21-40(43)41-22-8-10-25-45(41)50(48)55-51/h1-33H. The van der Waals surface area contributed by atoms with Gasteiger partial charge in [-0.2, -0.15) is 0 Å². The summed E-state index contributed by atoms with van der Waals surface area (Å²) >= 11 is 1.78. The van der Waals surface area contributed by atoms with Gasteiger partial charge in [0.05, 0.1) is 26.9 Å². The van der Waals surface area contributed by atoms with Gasteiger partial charge < -0.3 is 9.47 Å². The molecule has 0 spiro atoms. The molecule has 55 heavy (non-hydrogen) atoms. The first-order chi connectivity index (χ1) is 27.3. The number of aromatic nitrogens is 2. The van der Waals surface area contributed by atoms with Crippen molar-refractivity contribution in [2.24, 2.45) is 0 Å². The van der Waals surface area contributed by atoms with Gasteiger partial charge in [0.15, 0.2) is 0 Å². The van der Waals surface area contributed by atoms with Gasteiger partial charge in [0.1, 0.15) is 5.01 Å². The Morgan fingerprint density at radius 2 is 1.02 bits per heavy atom. The van der Waals surface area contributed by atoms with Crippen molar-refractivity contribution in [3.63, 3.8) is 0 Å². The molecule has 9 aromatic carbocycles. The Hall–Kier alpha value is -7.01. The zero-order valence-corrected chi connectivity index (χ0v) is 30.6. The van der Waals surface area contributed by atoms with Crippen molar-refractivity contribution < 1.29 is 0 Å². The number of hydrogen-bond donors (Lipinski definition) is 0. The predicted molar refractivity (Wildman–Crippen MR) is 235 cm³/mol. The summed E-state index contributed by atoms with van der Waals surface area (Å²) in [5.74, 6) is 0. The fraction of sp³-hybridized carbons (Fsp3) is 0. The molecule has 2 aromatic heterocycles. The van der Waals surface area contributed by atoms with Crippen LogP contribution in [-0.4, -0.2) is 9.55 Å². The summed E-state index contributed by atoms with van der Waals surface area (Å²) in [4.78, 5) is 7.72. The minimum absolute atomic E-state index is 1.02. The summed E-state index contributed by atoms with van der Waals surface area (Å²) in [6.07, 6.45) is 0. The van der Waals surface area contributed by atoms with E-state index in [0.717, 1.165) is 44.4 Å². The second kappa shape index (κ2) is 12.8. The molecule has 2 heterocycles. The van der Waals surface area contributed by atoms with Crippen LogP contribution < -0.4 is 4.90 Å².